The number of hydrogen-bond donors (Lipinski definition) is 2. The van der Waals surface area contributed by atoms with Gasteiger partial charge in [-0.05, 0) is 48.0 Å². The Bertz CT molecular complexity index is 1290. The zero-order chi connectivity index (χ0) is 21.9. The van der Waals surface area contributed by atoms with Gasteiger partial charge in [0.2, 0.25) is 0 Å². The molecule has 1 aliphatic heterocycles. The highest BCUT2D eigenvalue weighted by molar-refractivity contribution is 6.05. The first kappa shape index (κ1) is 19.7. The summed E-state index contributed by atoms with van der Waals surface area (Å²) in [5.41, 5.74) is 2.80. The predicted octanol–water partition coefficient (Wildman–Crippen LogP) is 4.04. The Morgan fingerprint density at radius 1 is 1.16 bits per heavy atom. The molecule has 0 fully saturated rings. The number of H-pyrrole nitrogens is 1. The summed E-state index contributed by atoms with van der Waals surface area (Å²) in [6.45, 7) is 1.38. The Morgan fingerprint density at radius 3 is 2.84 bits per heavy atom. The molecular weight excluding hydrogens is 410 g/mol. The maximum absolute atomic E-state index is 12.8. The Morgan fingerprint density at radius 2 is 2.03 bits per heavy atom. The van der Waals surface area contributed by atoms with E-state index in [0.717, 1.165) is 28.1 Å². The molecule has 0 saturated carbocycles. The lowest BCUT2D eigenvalue weighted by Crippen LogP contribution is -2.23. The van der Waals surface area contributed by atoms with Crippen LogP contribution in [-0.4, -0.2) is 36.4 Å². The summed E-state index contributed by atoms with van der Waals surface area (Å²) in [4.78, 5) is 12.8. The number of fused-ring (bicyclic) bond motifs is 2. The van der Waals surface area contributed by atoms with Crippen molar-refractivity contribution in [1.82, 2.24) is 15.5 Å². The molecule has 2 aromatic carbocycles. The van der Waals surface area contributed by atoms with E-state index in [1.165, 1.54) is 0 Å². The maximum atomic E-state index is 12.8. The highest BCUT2D eigenvalue weighted by atomic mass is 16.6. The van der Waals surface area contributed by atoms with Crippen LogP contribution in [0.4, 0.5) is 0 Å². The van der Waals surface area contributed by atoms with Crippen LogP contribution in [0.15, 0.2) is 53.1 Å². The zero-order valence-corrected chi connectivity index (χ0v) is 17.4. The van der Waals surface area contributed by atoms with E-state index in [1.807, 2.05) is 30.4 Å². The van der Waals surface area contributed by atoms with Gasteiger partial charge >= 0.3 is 0 Å². The van der Waals surface area contributed by atoms with E-state index in [4.69, 9.17) is 18.6 Å². The number of rotatable bonds is 6. The van der Waals surface area contributed by atoms with Gasteiger partial charge in [-0.25, -0.2) is 0 Å². The predicted molar refractivity (Wildman–Crippen MR) is 119 cm³/mol. The van der Waals surface area contributed by atoms with Gasteiger partial charge in [0, 0.05) is 0 Å². The fraction of sp³-hybridized carbons (Fsp3) is 0.167. The zero-order valence-electron chi connectivity index (χ0n) is 17.4. The van der Waals surface area contributed by atoms with Gasteiger partial charge in [-0.1, -0.05) is 12.1 Å². The van der Waals surface area contributed by atoms with Crippen LogP contribution in [0, 0.1) is 0 Å². The second kappa shape index (κ2) is 8.50. The van der Waals surface area contributed by atoms with Gasteiger partial charge in [-0.15, -0.1) is 0 Å². The van der Waals surface area contributed by atoms with Crippen molar-refractivity contribution in [2.24, 2.45) is 0 Å². The average molecular weight is 431 g/mol. The molecule has 0 unspecified atom stereocenters. The van der Waals surface area contributed by atoms with Crippen LogP contribution >= 0.6 is 0 Å². The van der Waals surface area contributed by atoms with E-state index in [2.05, 4.69) is 15.5 Å². The normalized spacial score (nSPS) is 12.9. The van der Waals surface area contributed by atoms with Gasteiger partial charge in [0.15, 0.2) is 11.5 Å². The van der Waals surface area contributed by atoms with Crippen molar-refractivity contribution in [1.29, 1.82) is 0 Å². The van der Waals surface area contributed by atoms with Crippen LogP contribution in [-0.2, 0) is 6.54 Å². The molecule has 5 rings (SSSR count). The van der Waals surface area contributed by atoms with Crippen molar-refractivity contribution in [2.45, 2.75) is 6.54 Å². The Kier molecular flexibility index (Phi) is 5.25. The van der Waals surface area contributed by atoms with Crippen molar-refractivity contribution in [2.75, 3.05) is 20.3 Å². The number of benzene rings is 2. The Hall–Kier alpha value is -4.20. The van der Waals surface area contributed by atoms with Crippen molar-refractivity contribution >= 4 is 29.0 Å². The highest BCUT2D eigenvalue weighted by Gasteiger charge is 2.19. The van der Waals surface area contributed by atoms with Crippen LogP contribution < -0.4 is 19.5 Å². The fourth-order valence-electron chi connectivity index (χ4n) is 3.63. The molecule has 8 heteroatoms. The molecule has 0 atom stereocenters. The largest absolute Gasteiger partial charge is 0.495 e. The topological polar surface area (TPSA) is 98.6 Å². The molecule has 3 heterocycles. The minimum atomic E-state index is -0.261. The fourth-order valence-corrected chi connectivity index (χ4v) is 3.63. The van der Waals surface area contributed by atoms with Crippen molar-refractivity contribution in [3.63, 3.8) is 0 Å². The highest BCUT2D eigenvalue weighted by Crippen LogP contribution is 2.34. The lowest BCUT2D eigenvalue weighted by molar-refractivity contribution is 0.0945. The number of carbonyl (C=O) groups excluding carboxylic acids is 1. The molecule has 0 spiro atoms. The molecule has 8 nitrogen and oxygen atoms in total. The monoisotopic (exact) mass is 431 g/mol. The molecule has 32 heavy (non-hydrogen) atoms. The number of carbonyl (C=O) groups is 1. The van der Waals surface area contributed by atoms with Gasteiger partial charge in [0.1, 0.15) is 24.7 Å². The second-order valence-electron chi connectivity index (χ2n) is 7.18. The molecule has 2 N–H and O–H groups in total. The SMILES string of the molecule is COc1c(C(=O)NCc2ccco2)ccc2n[nH]c(/C=C/c3ccc4c(c3)OCCO4)c12. The van der Waals surface area contributed by atoms with Crippen molar-refractivity contribution in [3.05, 3.63) is 71.3 Å². The maximum Gasteiger partial charge on any atom is 0.255 e. The van der Waals surface area contributed by atoms with Crippen LogP contribution in [0.1, 0.15) is 27.4 Å². The summed E-state index contributed by atoms with van der Waals surface area (Å²) >= 11 is 0. The third-order valence-corrected chi connectivity index (χ3v) is 5.16. The van der Waals surface area contributed by atoms with Crippen molar-refractivity contribution < 1.29 is 23.4 Å². The molecule has 0 radical (unpaired) electrons. The second-order valence-corrected chi connectivity index (χ2v) is 7.18. The molecule has 0 bridgehead atoms. The summed E-state index contributed by atoms with van der Waals surface area (Å²) < 4.78 is 22.1. The first-order chi connectivity index (χ1) is 15.7. The van der Waals surface area contributed by atoms with Crippen LogP contribution in [0.25, 0.3) is 23.1 Å². The van der Waals surface area contributed by atoms with Gasteiger partial charge in [0.05, 0.1) is 42.1 Å². The molecule has 2 aromatic heterocycles. The molecule has 1 amide bonds. The van der Waals surface area contributed by atoms with E-state index in [0.29, 0.717) is 35.8 Å². The molecule has 162 valence electrons. The van der Waals surface area contributed by atoms with Crippen LogP contribution in [0.2, 0.25) is 0 Å². The van der Waals surface area contributed by atoms with E-state index >= 15 is 0 Å². The summed E-state index contributed by atoms with van der Waals surface area (Å²) in [7, 11) is 1.54. The number of hydrogen-bond acceptors (Lipinski definition) is 6. The van der Waals surface area contributed by atoms with Crippen LogP contribution in [0.3, 0.4) is 0 Å². The quantitative estimate of drug-likeness (QED) is 0.478. The van der Waals surface area contributed by atoms with Gasteiger partial charge < -0.3 is 23.9 Å². The average Bonchev–Trinajstić information content (AvgIpc) is 3.50. The summed E-state index contributed by atoms with van der Waals surface area (Å²) in [6, 6.07) is 12.8. The minimum Gasteiger partial charge on any atom is -0.495 e. The minimum absolute atomic E-state index is 0.261. The lowest BCUT2D eigenvalue weighted by Gasteiger charge is -2.18. The number of methoxy groups -OCH3 is 1. The Balaban J connectivity index is 1.44. The number of aromatic amines is 1. The number of amides is 1. The van der Waals surface area contributed by atoms with E-state index in [1.54, 1.807) is 37.6 Å². The number of ether oxygens (including phenoxy) is 3. The number of furan rings is 1. The molecular formula is C24H21N3O5. The van der Waals surface area contributed by atoms with Gasteiger partial charge in [0.25, 0.3) is 5.91 Å². The first-order valence-corrected chi connectivity index (χ1v) is 10.2. The molecule has 4 aromatic rings. The van der Waals surface area contributed by atoms with Crippen molar-refractivity contribution in [3.8, 4) is 17.2 Å². The number of nitrogens with zero attached hydrogens (tertiary/aromatic N) is 1. The van der Waals surface area contributed by atoms with E-state index in [9.17, 15) is 4.79 Å². The number of aromatic nitrogens is 2. The van der Waals surface area contributed by atoms with Gasteiger partial charge in [-0.2, -0.15) is 5.10 Å². The first-order valence-electron chi connectivity index (χ1n) is 10.2. The molecule has 0 aliphatic carbocycles. The summed E-state index contributed by atoms with van der Waals surface area (Å²) in [5.74, 6) is 2.33. The third kappa shape index (κ3) is 3.78. The lowest BCUT2D eigenvalue weighted by atomic mass is 10.1. The smallest absolute Gasteiger partial charge is 0.255 e. The summed E-state index contributed by atoms with van der Waals surface area (Å²) in [6.07, 6.45) is 5.40. The van der Waals surface area contributed by atoms with Crippen LogP contribution in [0.5, 0.6) is 17.2 Å². The molecule has 0 saturated heterocycles. The standard InChI is InChI=1S/C24H21N3O5/c1-29-23-17(24(28)25-14-16-3-2-10-30-16)6-8-19-22(23)18(26-27-19)7-4-15-5-9-20-21(13-15)32-12-11-31-20/h2-10,13H,11-12,14H2,1H3,(H,25,28)(H,26,27)/b7-4+. The van der Waals surface area contributed by atoms with E-state index in [-0.39, 0.29) is 12.5 Å². The number of nitrogens with one attached hydrogen (secondary N) is 2. The van der Waals surface area contributed by atoms with Gasteiger partial charge in [-0.3, -0.25) is 9.89 Å². The van der Waals surface area contributed by atoms with E-state index < -0.39 is 0 Å². The summed E-state index contributed by atoms with van der Waals surface area (Å²) in [5, 5.41) is 11.0. The third-order valence-electron chi connectivity index (χ3n) is 5.16. The Labute approximate surface area is 183 Å². The molecule has 1 aliphatic rings.